The molecule has 11 heteroatoms. The smallest absolute Gasteiger partial charge is 0.317 e. The number of carbonyl (C=O) groups excluding carboxylic acids is 3. The lowest BCUT2D eigenvalue weighted by Crippen LogP contribution is -2.59. The topological polar surface area (TPSA) is 103 Å². The van der Waals surface area contributed by atoms with E-state index in [4.69, 9.17) is 4.74 Å². The van der Waals surface area contributed by atoms with Crippen molar-refractivity contribution in [3.63, 3.8) is 0 Å². The number of halogens is 2. The lowest BCUT2D eigenvalue weighted by molar-refractivity contribution is -0.141. The van der Waals surface area contributed by atoms with Gasteiger partial charge in [-0.3, -0.25) is 9.59 Å². The summed E-state index contributed by atoms with van der Waals surface area (Å²) in [6.07, 6.45) is -0.139. The summed E-state index contributed by atoms with van der Waals surface area (Å²) in [5.74, 6) is -2.52. The first kappa shape index (κ1) is 26.7. The monoisotopic (exact) mass is 495 g/mol. The first-order valence-corrected chi connectivity index (χ1v) is 11.8. The first-order valence-electron chi connectivity index (χ1n) is 11.8. The molecule has 2 aliphatic heterocycles. The summed E-state index contributed by atoms with van der Waals surface area (Å²) in [7, 11) is 3.18. The minimum absolute atomic E-state index is 0.106. The normalized spacial score (nSPS) is 23.5. The molecule has 2 fully saturated rings. The van der Waals surface area contributed by atoms with E-state index in [1.807, 2.05) is 20.8 Å². The largest absolute Gasteiger partial charge is 0.486 e. The molecule has 9 nitrogen and oxygen atoms in total. The Labute approximate surface area is 204 Å². The molecule has 2 heterocycles. The van der Waals surface area contributed by atoms with Crippen LogP contribution in [-0.2, 0) is 9.59 Å². The average molecular weight is 496 g/mol. The highest BCUT2D eigenvalue weighted by atomic mass is 19.2. The molecule has 1 aromatic rings. The number of hydrogen-bond donors (Lipinski definition) is 3. The van der Waals surface area contributed by atoms with Gasteiger partial charge in [0, 0.05) is 19.7 Å². The number of likely N-dealkylation sites (N-methyl/N-ethyl adjacent to an activating group) is 1. The molecule has 0 saturated carbocycles. The van der Waals surface area contributed by atoms with E-state index in [0.717, 1.165) is 12.1 Å². The molecule has 0 bridgehead atoms. The SMILES string of the molecule is CNC(=O)N1CC(Oc2ccc(F)c(F)c2)C2C1CCN2C(=O)C(NC(=O)C(C)NC)C(C)(C)C. The van der Waals surface area contributed by atoms with Gasteiger partial charge in [0.05, 0.1) is 24.7 Å². The van der Waals surface area contributed by atoms with E-state index >= 15 is 0 Å². The first-order chi connectivity index (χ1) is 16.4. The van der Waals surface area contributed by atoms with Gasteiger partial charge in [-0.25, -0.2) is 13.6 Å². The number of likely N-dealkylation sites (tertiary alicyclic amines) is 2. The van der Waals surface area contributed by atoms with Crippen LogP contribution in [0.4, 0.5) is 13.6 Å². The van der Waals surface area contributed by atoms with Crippen molar-refractivity contribution < 1.29 is 27.9 Å². The Morgan fingerprint density at radius 2 is 1.80 bits per heavy atom. The van der Waals surface area contributed by atoms with Crippen molar-refractivity contribution in [1.29, 1.82) is 0 Å². The fraction of sp³-hybridized carbons (Fsp3) is 0.625. The summed E-state index contributed by atoms with van der Waals surface area (Å²) in [5.41, 5.74) is -0.589. The fourth-order valence-electron chi connectivity index (χ4n) is 4.70. The van der Waals surface area contributed by atoms with Crippen molar-refractivity contribution in [2.45, 2.75) is 64.4 Å². The lowest BCUT2D eigenvalue weighted by Gasteiger charge is -2.37. The van der Waals surface area contributed by atoms with Gasteiger partial charge < -0.3 is 30.5 Å². The average Bonchev–Trinajstić information content (AvgIpc) is 3.38. The van der Waals surface area contributed by atoms with E-state index in [-0.39, 0.29) is 36.2 Å². The Bertz CT molecular complexity index is 970. The highest BCUT2D eigenvalue weighted by molar-refractivity contribution is 5.90. The number of benzene rings is 1. The molecule has 2 saturated heterocycles. The molecule has 3 N–H and O–H groups in total. The van der Waals surface area contributed by atoms with Gasteiger partial charge in [0.15, 0.2) is 11.6 Å². The third-order valence-electron chi connectivity index (χ3n) is 6.74. The van der Waals surface area contributed by atoms with Crippen LogP contribution in [0.25, 0.3) is 0 Å². The van der Waals surface area contributed by atoms with Crippen molar-refractivity contribution in [3.8, 4) is 5.75 Å². The lowest BCUT2D eigenvalue weighted by atomic mass is 9.85. The van der Waals surface area contributed by atoms with Crippen LogP contribution in [-0.4, -0.2) is 85.1 Å². The van der Waals surface area contributed by atoms with E-state index in [9.17, 15) is 23.2 Å². The molecule has 0 spiro atoms. The summed E-state index contributed by atoms with van der Waals surface area (Å²) >= 11 is 0. The zero-order valence-corrected chi connectivity index (χ0v) is 21.0. The van der Waals surface area contributed by atoms with Crippen molar-refractivity contribution in [3.05, 3.63) is 29.8 Å². The molecule has 5 unspecified atom stereocenters. The van der Waals surface area contributed by atoms with Gasteiger partial charge in [0.25, 0.3) is 0 Å². The number of nitrogens with zero attached hydrogens (tertiary/aromatic N) is 2. The van der Waals surface area contributed by atoms with Crippen LogP contribution >= 0.6 is 0 Å². The Morgan fingerprint density at radius 3 is 2.37 bits per heavy atom. The van der Waals surface area contributed by atoms with Crippen LogP contribution < -0.4 is 20.7 Å². The van der Waals surface area contributed by atoms with Crippen LogP contribution in [0.3, 0.4) is 0 Å². The molecule has 2 aliphatic rings. The molecule has 194 valence electrons. The molecular weight excluding hydrogens is 460 g/mol. The maximum Gasteiger partial charge on any atom is 0.317 e. The minimum atomic E-state index is -1.05. The fourth-order valence-corrected chi connectivity index (χ4v) is 4.70. The summed E-state index contributed by atoms with van der Waals surface area (Å²) < 4.78 is 33.2. The third-order valence-corrected chi connectivity index (χ3v) is 6.74. The summed E-state index contributed by atoms with van der Waals surface area (Å²) in [6.45, 7) is 7.84. The Morgan fingerprint density at radius 1 is 1.11 bits per heavy atom. The number of rotatable bonds is 6. The maximum atomic E-state index is 13.8. The standard InChI is InChI=1S/C24H35F2N5O4/c1-13(27-5)21(32)29-20(24(2,3)4)22(33)30-10-9-17-19(30)18(12-31(17)23(34)28-6)35-14-7-8-15(25)16(26)11-14/h7-8,11,13,17-20,27H,9-10,12H2,1-6H3,(H,28,34)(H,29,32). The zero-order valence-electron chi connectivity index (χ0n) is 21.0. The van der Waals surface area contributed by atoms with E-state index in [1.165, 1.54) is 13.1 Å². The quantitative estimate of drug-likeness (QED) is 0.555. The van der Waals surface area contributed by atoms with Crippen LogP contribution in [0.2, 0.25) is 0 Å². The second-order valence-corrected chi connectivity index (χ2v) is 10.1. The Balaban J connectivity index is 1.91. The van der Waals surface area contributed by atoms with Crippen molar-refractivity contribution >= 4 is 17.8 Å². The van der Waals surface area contributed by atoms with Crippen molar-refractivity contribution in [2.24, 2.45) is 5.41 Å². The van der Waals surface area contributed by atoms with E-state index < -0.39 is 41.3 Å². The van der Waals surface area contributed by atoms with Crippen LogP contribution in [0.15, 0.2) is 18.2 Å². The minimum Gasteiger partial charge on any atom is -0.486 e. The second kappa shape index (κ2) is 10.3. The number of urea groups is 1. The molecule has 5 atom stereocenters. The van der Waals surface area contributed by atoms with Crippen LogP contribution in [0.5, 0.6) is 5.75 Å². The molecule has 4 amide bonds. The third kappa shape index (κ3) is 5.50. The number of amides is 4. The van der Waals surface area contributed by atoms with Crippen LogP contribution in [0, 0.1) is 17.0 Å². The van der Waals surface area contributed by atoms with Gasteiger partial charge in [0.1, 0.15) is 17.9 Å². The predicted octanol–water partition coefficient (Wildman–Crippen LogP) is 1.48. The number of ether oxygens (including phenoxy) is 1. The van der Waals surface area contributed by atoms with Crippen molar-refractivity contribution in [1.82, 2.24) is 25.8 Å². The molecule has 0 aromatic heterocycles. The van der Waals surface area contributed by atoms with Crippen molar-refractivity contribution in [2.75, 3.05) is 27.2 Å². The Hall–Kier alpha value is -2.95. The number of hydrogen-bond acceptors (Lipinski definition) is 5. The van der Waals surface area contributed by atoms with Gasteiger partial charge in [-0.15, -0.1) is 0 Å². The van der Waals surface area contributed by atoms with Gasteiger partial charge in [-0.2, -0.15) is 0 Å². The van der Waals surface area contributed by atoms with E-state index in [2.05, 4.69) is 16.0 Å². The molecule has 0 radical (unpaired) electrons. The van der Waals surface area contributed by atoms with E-state index in [0.29, 0.717) is 13.0 Å². The molecular formula is C24H35F2N5O4. The van der Waals surface area contributed by atoms with E-state index in [1.54, 1.807) is 23.8 Å². The Kier molecular flexibility index (Phi) is 7.88. The second-order valence-electron chi connectivity index (χ2n) is 10.1. The zero-order chi connectivity index (χ0) is 26.1. The number of fused-ring (bicyclic) bond motifs is 1. The molecule has 0 aliphatic carbocycles. The van der Waals surface area contributed by atoms with Crippen LogP contribution in [0.1, 0.15) is 34.1 Å². The summed E-state index contributed by atoms with van der Waals surface area (Å²) in [5, 5.41) is 8.35. The predicted molar refractivity (Wildman–Crippen MR) is 126 cm³/mol. The summed E-state index contributed by atoms with van der Waals surface area (Å²) in [6, 6.07) is 0.785. The molecule has 3 rings (SSSR count). The highest BCUT2D eigenvalue weighted by Crippen LogP contribution is 2.36. The van der Waals surface area contributed by atoms with Gasteiger partial charge in [-0.05, 0) is 37.9 Å². The van der Waals surface area contributed by atoms with Gasteiger partial charge in [-0.1, -0.05) is 20.8 Å². The number of nitrogens with one attached hydrogen (secondary N) is 3. The summed E-state index contributed by atoms with van der Waals surface area (Å²) in [4.78, 5) is 42.3. The van der Waals surface area contributed by atoms with Gasteiger partial charge >= 0.3 is 6.03 Å². The number of carbonyl (C=O) groups is 3. The molecule has 35 heavy (non-hydrogen) atoms. The van der Waals surface area contributed by atoms with Gasteiger partial charge in [0.2, 0.25) is 11.8 Å². The highest BCUT2D eigenvalue weighted by Gasteiger charge is 2.54. The molecule has 1 aromatic carbocycles. The maximum absolute atomic E-state index is 13.8.